The van der Waals surface area contributed by atoms with Crippen LogP contribution in [0.4, 0.5) is 17.6 Å². The topological polar surface area (TPSA) is 18.5 Å². The second-order valence-corrected chi connectivity index (χ2v) is 4.56. The zero-order valence-corrected chi connectivity index (χ0v) is 13.5. The van der Waals surface area contributed by atoms with Crippen LogP contribution in [0.1, 0.15) is 13.8 Å². The Bertz CT molecular complexity index is 590. The SMILES string of the molecule is C=C(C#CC(=C)/C=C(/C)C(=C)OC(F)F)/C=C(/C)C(=C)OC(F)F. The van der Waals surface area contributed by atoms with Gasteiger partial charge in [-0.2, -0.15) is 17.6 Å². The van der Waals surface area contributed by atoms with Crippen LogP contribution >= 0.6 is 0 Å². The van der Waals surface area contributed by atoms with Gasteiger partial charge >= 0.3 is 13.2 Å². The molecule has 0 aromatic heterocycles. The molecule has 0 heterocycles. The van der Waals surface area contributed by atoms with E-state index >= 15 is 0 Å². The molecule has 2 nitrogen and oxygen atoms in total. The average Bonchev–Trinajstić information content (AvgIpc) is 2.43. The fourth-order valence-corrected chi connectivity index (χ4v) is 1.32. The molecule has 0 rings (SSSR count). The quantitative estimate of drug-likeness (QED) is 0.251. The van der Waals surface area contributed by atoms with Crippen LogP contribution in [0.3, 0.4) is 0 Å². The molecule has 0 N–H and O–H groups in total. The van der Waals surface area contributed by atoms with Gasteiger partial charge in [-0.3, -0.25) is 0 Å². The van der Waals surface area contributed by atoms with Crippen LogP contribution in [0.5, 0.6) is 0 Å². The monoisotopic (exact) mass is 342 g/mol. The Morgan fingerprint density at radius 1 is 0.750 bits per heavy atom. The van der Waals surface area contributed by atoms with E-state index in [9.17, 15) is 17.6 Å². The van der Waals surface area contributed by atoms with Crippen molar-refractivity contribution in [2.24, 2.45) is 0 Å². The van der Waals surface area contributed by atoms with Gasteiger partial charge in [-0.25, -0.2) is 0 Å². The predicted octanol–water partition coefficient (Wildman–Crippen LogP) is 5.50. The molecule has 0 saturated carbocycles. The Morgan fingerprint density at radius 2 is 1.04 bits per heavy atom. The molecule has 0 unspecified atom stereocenters. The van der Waals surface area contributed by atoms with Gasteiger partial charge in [-0.15, -0.1) is 0 Å². The Labute approximate surface area is 139 Å². The van der Waals surface area contributed by atoms with Gasteiger partial charge in [-0.1, -0.05) is 38.2 Å². The number of ether oxygens (including phenoxy) is 2. The summed E-state index contributed by atoms with van der Waals surface area (Å²) in [4.78, 5) is 0. The molecule has 0 aliphatic heterocycles. The maximum atomic E-state index is 12.1. The van der Waals surface area contributed by atoms with Crippen LogP contribution in [0.15, 0.2) is 72.3 Å². The van der Waals surface area contributed by atoms with Gasteiger partial charge in [0.25, 0.3) is 0 Å². The molecule has 0 radical (unpaired) electrons. The summed E-state index contributed by atoms with van der Waals surface area (Å²) in [5, 5.41) is 0. The first-order valence-electron chi connectivity index (χ1n) is 6.57. The fourth-order valence-electron chi connectivity index (χ4n) is 1.32. The minimum Gasteiger partial charge on any atom is -0.435 e. The molecule has 0 aliphatic rings. The molecule has 0 fully saturated rings. The first-order chi connectivity index (χ1) is 11.0. The van der Waals surface area contributed by atoms with E-state index in [4.69, 9.17) is 0 Å². The van der Waals surface area contributed by atoms with E-state index in [1.54, 1.807) is 0 Å². The van der Waals surface area contributed by atoms with E-state index in [1.165, 1.54) is 26.0 Å². The normalized spacial score (nSPS) is 11.7. The molecule has 0 amide bonds. The molecule has 6 heteroatoms. The highest BCUT2D eigenvalue weighted by Gasteiger charge is 2.07. The van der Waals surface area contributed by atoms with Crippen molar-refractivity contribution in [3.63, 3.8) is 0 Å². The first-order valence-corrected chi connectivity index (χ1v) is 6.57. The highest BCUT2D eigenvalue weighted by Crippen LogP contribution is 2.15. The van der Waals surface area contributed by atoms with Gasteiger partial charge in [0.2, 0.25) is 0 Å². The molecule has 0 atom stereocenters. The van der Waals surface area contributed by atoms with E-state index in [0.717, 1.165) is 0 Å². The lowest BCUT2D eigenvalue weighted by Crippen LogP contribution is -1.99. The van der Waals surface area contributed by atoms with E-state index in [1.807, 2.05) is 0 Å². The third-order valence-corrected chi connectivity index (χ3v) is 2.51. The van der Waals surface area contributed by atoms with E-state index in [0.29, 0.717) is 22.3 Å². The largest absolute Gasteiger partial charge is 0.435 e. The summed E-state index contributed by atoms with van der Waals surface area (Å²) in [6.45, 7) is 11.1. The van der Waals surface area contributed by atoms with Gasteiger partial charge in [0.1, 0.15) is 11.5 Å². The Balaban J connectivity index is 4.87. The van der Waals surface area contributed by atoms with Crippen LogP contribution in [-0.4, -0.2) is 13.2 Å². The second kappa shape index (κ2) is 10.2. The Kier molecular flexibility index (Phi) is 9.03. The number of halogens is 4. The van der Waals surface area contributed by atoms with Crippen LogP contribution in [0.25, 0.3) is 0 Å². The summed E-state index contributed by atoms with van der Waals surface area (Å²) in [5.41, 5.74) is 1.29. The van der Waals surface area contributed by atoms with Crippen LogP contribution in [0, 0.1) is 11.8 Å². The van der Waals surface area contributed by atoms with Crippen molar-refractivity contribution in [3.8, 4) is 11.8 Å². The van der Waals surface area contributed by atoms with E-state index in [2.05, 4.69) is 47.6 Å². The zero-order chi connectivity index (χ0) is 18.9. The van der Waals surface area contributed by atoms with Crippen molar-refractivity contribution in [1.29, 1.82) is 0 Å². The van der Waals surface area contributed by atoms with Crippen LogP contribution in [0.2, 0.25) is 0 Å². The Hall–Kier alpha value is -2.68. The molecular formula is C18H18F4O2. The molecule has 0 aromatic rings. The van der Waals surface area contributed by atoms with Crippen molar-refractivity contribution in [2.75, 3.05) is 0 Å². The highest BCUT2D eigenvalue weighted by molar-refractivity contribution is 5.48. The maximum absolute atomic E-state index is 12.1. The molecule has 0 spiro atoms. The van der Waals surface area contributed by atoms with Gasteiger partial charge in [0, 0.05) is 11.1 Å². The van der Waals surface area contributed by atoms with Gasteiger partial charge in [-0.05, 0) is 37.1 Å². The summed E-state index contributed by atoms with van der Waals surface area (Å²) in [7, 11) is 0. The lowest BCUT2D eigenvalue weighted by molar-refractivity contribution is -0.0934. The molecule has 0 saturated heterocycles. The van der Waals surface area contributed by atoms with Crippen molar-refractivity contribution >= 4 is 0 Å². The molecular weight excluding hydrogens is 324 g/mol. The van der Waals surface area contributed by atoms with Crippen molar-refractivity contribution in [1.82, 2.24) is 0 Å². The summed E-state index contributed by atoms with van der Waals surface area (Å²) < 4.78 is 56.5. The second-order valence-electron chi connectivity index (χ2n) is 4.56. The fraction of sp³-hybridized carbons (Fsp3) is 0.222. The smallest absolute Gasteiger partial charge is 0.387 e. The zero-order valence-electron chi connectivity index (χ0n) is 13.5. The number of rotatable bonds is 8. The van der Waals surface area contributed by atoms with E-state index < -0.39 is 13.2 Å². The van der Waals surface area contributed by atoms with E-state index in [-0.39, 0.29) is 11.5 Å². The minimum atomic E-state index is -2.96. The third-order valence-electron chi connectivity index (χ3n) is 2.51. The first kappa shape index (κ1) is 21.3. The number of hydrogen-bond donors (Lipinski definition) is 0. The molecule has 0 aromatic carbocycles. The lowest BCUT2D eigenvalue weighted by Gasteiger charge is -2.07. The van der Waals surface area contributed by atoms with Crippen molar-refractivity contribution in [3.05, 3.63) is 72.3 Å². The molecule has 0 aliphatic carbocycles. The van der Waals surface area contributed by atoms with Crippen molar-refractivity contribution < 1.29 is 27.0 Å². The number of allylic oxidation sites excluding steroid dienone is 6. The number of hydrogen-bond acceptors (Lipinski definition) is 2. The van der Waals surface area contributed by atoms with Gasteiger partial charge in [0.05, 0.1) is 0 Å². The maximum Gasteiger partial charge on any atom is 0.387 e. The molecule has 0 bridgehead atoms. The van der Waals surface area contributed by atoms with Crippen LogP contribution in [-0.2, 0) is 9.47 Å². The Morgan fingerprint density at radius 3 is 1.29 bits per heavy atom. The number of alkyl halides is 4. The average molecular weight is 342 g/mol. The lowest BCUT2D eigenvalue weighted by atomic mass is 10.1. The summed E-state index contributed by atoms with van der Waals surface area (Å²) in [6.07, 6.45) is 2.83. The minimum absolute atomic E-state index is 0.192. The van der Waals surface area contributed by atoms with Gasteiger partial charge in [0.15, 0.2) is 0 Å². The molecule has 24 heavy (non-hydrogen) atoms. The summed E-state index contributed by atoms with van der Waals surface area (Å²) in [6, 6.07) is 0. The summed E-state index contributed by atoms with van der Waals surface area (Å²) >= 11 is 0. The third kappa shape index (κ3) is 9.36. The van der Waals surface area contributed by atoms with Crippen LogP contribution < -0.4 is 0 Å². The molecule has 130 valence electrons. The standard InChI is InChI=1S/C18H18F4O2/c1-11(9-13(3)15(5)23-17(19)20)7-8-12(2)10-14(4)16(6)24-18(21)22/h9-10,17-18H,1-2,5-6H2,3-4H3/b13-9-,14-10-. The summed E-state index contributed by atoms with van der Waals surface area (Å²) in [5.74, 6) is 4.89. The predicted molar refractivity (Wildman–Crippen MR) is 86.0 cm³/mol. The highest BCUT2D eigenvalue weighted by atomic mass is 19.3. The van der Waals surface area contributed by atoms with Crippen molar-refractivity contribution in [2.45, 2.75) is 27.1 Å². The van der Waals surface area contributed by atoms with Gasteiger partial charge < -0.3 is 9.47 Å².